The minimum Gasteiger partial charge on any atom is -0.306 e. The number of halogens is 3. The Balaban J connectivity index is 2.51. The van der Waals surface area contributed by atoms with E-state index in [1.165, 1.54) is 3.57 Å². The second kappa shape index (κ2) is 6.93. The van der Waals surface area contributed by atoms with Gasteiger partial charge in [0.25, 0.3) is 0 Å². The van der Waals surface area contributed by atoms with E-state index >= 15 is 0 Å². The number of benzene rings is 2. The lowest BCUT2D eigenvalue weighted by Crippen LogP contribution is -2.23. The fraction of sp³-hybridized carbons (Fsp3) is 0.200. The molecule has 0 aliphatic carbocycles. The summed E-state index contributed by atoms with van der Waals surface area (Å²) >= 11 is 14.8. The van der Waals surface area contributed by atoms with Crippen molar-refractivity contribution in [2.24, 2.45) is 0 Å². The van der Waals surface area contributed by atoms with Crippen LogP contribution in [-0.4, -0.2) is 6.54 Å². The molecule has 0 aromatic heterocycles. The molecule has 4 heteroatoms. The first kappa shape index (κ1) is 15.1. The second-order valence-electron chi connectivity index (χ2n) is 4.18. The average molecular weight is 406 g/mol. The molecule has 0 bridgehead atoms. The summed E-state index contributed by atoms with van der Waals surface area (Å²) < 4.78 is 1.17. The molecule has 0 amide bonds. The smallest absolute Gasteiger partial charge is 0.0602 e. The molecule has 0 aliphatic rings. The zero-order chi connectivity index (χ0) is 13.8. The van der Waals surface area contributed by atoms with Gasteiger partial charge in [-0.3, -0.25) is 0 Å². The van der Waals surface area contributed by atoms with Crippen molar-refractivity contribution in [2.45, 2.75) is 13.0 Å². The van der Waals surface area contributed by atoms with Gasteiger partial charge in [-0.1, -0.05) is 48.3 Å². The lowest BCUT2D eigenvalue weighted by Gasteiger charge is -2.21. The van der Waals surface area contributed by atoms with Crippen molar-refractivity contribution < 1.29 is 0 Å². The molecule has 2 aromatic carbocycles. The quantitative estimate of drug-likeness (QED) is 0.680. The molecule has 0 spiro atoms. The molecule has 0 aliphatic heterocycles. The van der Waals surface area contributed by atoms with Crippen molar-refractivity contribution >= 4 is 45.8 Å². The van der Waals surface area contributed by atoms with Gasteiger partial charge in [0.05, 0.1) is 6.04 Å². The highest BCUT2D eigenvalue weighted by Gasteiger charge is 2.18. The van der Waals surface area contributed by atoms with Gasteiger partial charge in [0, 0.05) is 13.6 Å². The molecule has 1 atom stereocenters. The van der Waals surface area contributed by atoms with E-state index in [2.05, 4.69) is 34.8 Å². The van der Waals surface area contributed by atoms with E-state index in [0.29, 0.717) is 0 Å². The van der Waals surface area contributed by atoms with Crippen LogP contribution >= 0.6 is 45.8 Å². The maximum absolute atomic E-state index is 6.32. The summed E-state index contributed by atoms with van der Waals surface area (Å²) in [4.78, 5) is 0. The Hall–Kier alpha value is -0.290. The molecule has 0 saturated heterocycles. The average Bonchev–Trinajstić information content (AvgIpc) is 2.40. The lowest BCUT2D eigenvalue weighted by atomic mass is 9.98. The van der Waals surface area contributed by atoms with Crippen molar-refractivity contribution in [3.8, 4) is 0 Å². The largest absolute Gasteiger partial charge is 0.306 e. The monoisotopic (exact) mass is 405 g/mol. The van der Waals surface area contributed by atoms with Gasteiger partial charge in [-0.2, -0.15) is 0 Å². The number of hydrogen-bond donors (Lipinski definition) is 1. The molecule has 19 heavy (non-hydrogen) atoms. The summed E-state index contributed by atoms with van der Waals surface area (Å²) in [6, 6.07) is 13.9. The van der Waals surface area contributed by atoms with Gasteiger partial charge in [0.15, 0.2) is 0 Å². The van der Waals surface area contributed by atoms with Crippen LogP contribution in [0.4, 0.5) is 0 Å². The predicted molar refractivity (Wildman–Crippen MR) is 91.1 cm³/mol. The molecule has 1 nitrogen and oxygen atoms in total. The van der Waals surface area contributed by atoms with Crippen molar-refractivity contribution in [3.63, 3.8) is 0 Å². The summed E-state index contributed by atoms with van der Waals surface area (Å²) in [5, 5.41) is 4.99. The van der Waals surface area contributed by atoms with Crippen LogP contribution < -0.4 is 5.32 Å². The van der Waals surface area contributed by atoms with Crippen LogP contribution in [0.3, 0.4) is 0 Å². The fourth-order valence-corrected chi connectivity index (χ4v) is 3.11. The van der Waals surface area contributed by atoms with E-state index in [1.807, 2.05) is 42.5 Å². The zero-order valence-corrected chi connectivity index (χ0v) is 14.1. The molecule has 1 unspecified atom stereocenters. The van der Waals surface area contributed by atoms with E-state index in [4.69, 9.17) is 23.2 Å². The van der Waals surface area contributed by atoms with Gasteiger partial charge in [-0.25, -0.2) is 0 Å². The third-order valence-corrected chi connectivity index (χ3v) is 4.46. The zero-order valence-electron chi connectivity index (χ0n) is 10.5. The Kier molecular flexibility index (Phi) is 5.51. The topological polar surface area (TPSA) is 12.0 Å². The van der Waals surface area contributed by atoms with Gasteiger partial charge in [0.1, 0.15) is 0 Å². The minimum atomic E-state index is 0.0595. The molecule has 2 rings (SSSR count). The molecular formula is C15H14Cl2IN. The van der Waals surface area contributed by atoms with Gasteiger partial charge in [0.2, 0.25) is 0 Å². The molecule has 2 aromatic rings. The normalized spacial score (nSPS) is 12.4. The first-order valence-corrected chi connectivity index (χ1v) is 7.89. The van der Waals surface area contributed by atoms with Crippen LogP contribution in [0.15, 0.2) is 42.5 Å². The minimum absolute atomic E-state index is 0.0595. The van der Waals surface area contributed by atoms with E-state index < -0.39 is 0 Å². The summed E-state index contributed by atoms with van der Waals surface area (Å²) in [6.07, 6.45) is 0. The number of rotatable bonds is 4. The molecule has 0 radical (unpaired) electrons. The SMILES string of the molecule is CCNC(c1ccccc1Cl)c1cc(Cl)ccc1I. The Morgan fingerprint density at radius 2 is 1.84 bits per heavy atom. The maximum atomic E-state index is 6.32. The van der Waals surface area contributed by atoms with Crippen LogP contribution in [0.2, 0.25) is 10.0 Å². The molecule has 100 valence electrons. The first-order chi connectivity index (χ1) is 9.13. The van der Waals surface area contributed by atoms with Gasteiger partial charge >= 0.3 is 0 Å². The molecule has 0 heterocycles. The van der Waals surface area contributed by atoms with Crippen LogP contribution in [0.5, 0.6) is 0 Å². The van der Waals surface area contributed by atoms with Gasteiger partial charge < -0.3 is 5.32 Å². The van der Waals surface area contributed by atoms with Gasteiger partial charge in [-0.15, -0.1) is 0 Å². The Morgan fingerprint density at radius 3 is 2.53 bits per heavy atom. The summed E-state index contributed by atoms with van der Waals surface area (Å²) in [5.74, 6) is 0. The number of hydrogen-bond acceptors (Lipinski definition) is 1. The lowest BCUT2D eigenvalue weighted by molar-refractivity contribution is 0.628. The summed E-state index contributed by atoms with van der Waals surface area (Å²) in [5.41, 5.74) is 2.23. The van der Waals surface area contributed by atoms with Crippen LogP contribution in [0.1, 0.15) is 24.1 Å². The molecule has 0 fully saturated rings. The highest BCUT2D eigenvalue weighted by atomic mass is 127. The Labute approximate surface area is 137 Å². The highest BCUT2D eigenvalue weighted by molar-refractivity contribution is 14.1. The highest BCUT2D eigenvalue weighted by Crippen LogP contribution is 2.32. The van der Waals surface area contributed by atoms with E-state index in [-0.39, 0.29) is 6.04 Å². The van der Waals surface area contributed by atoms with Crippen molar-refractivity contribution in [2.75, 3.05) is 6.54 Å². The second-order valence-corrected chi connectivity index (χ2v) is 6.18. The molecule has 0 saturated carbocycles. The van der Waals surface area contributed by atoms with E-state index in [9.17, 15) is 0 Å². The number of nitrogens with one attached hydrogen (secondary N) is 1. The van der Waals surface area contributed by atoms with Crippen molar-refractivity contribution in [1.82, 2.24) is 5.32 Å². The predicted octanol–water partition coefficient (Wildman–Crippen LogP) is 5.30. The molecule has 1 N–H and O–H groups in total. The fourth-order valence-electron chi connectivity index (χ4n) is 2.04. The summed E-state index contributed by atoms with van der Waals surface area (Å²) in [6.45, 7) is 2.94. The van der Waals surface area contributed by atoms with E-state index in [1.54, 1.807) is 0 Å². The third kappa shape index (κ3) is 3.63. The van der Waals surface area contributed by atoms with E-state index in [0.717, 1.165) is 27.7 Å². The van der Waals surface area contributed by atoms with Crippen LogP contribution in [-0.2, 0) is 0 Å². The van der Waals surface area contributed by atoms with Crippen LogP contribution in [0, 0.1) is 3.57 Å². The molecular weight excluding hydrogens is 392 g/mol. The van der Waals surface area contributed by atoms with Gasteiger partial charge in [-0.05, 0) is 64.5 Å². The maximum Gasteiger partial charge on any atom is 0.0602 e. The van der Waals surface area contributed by atoms with Crippen molar-refractivity contribution in [3.05, 3.63) is 67.2 Å². The Bertz CT molecular complexity index is 572. The summed E-state index contributed by atoms with van der Waals surface area (Å²) in [7, 11) is 0. The van der Waals surface area contributed by atoms with Crippen LogP contribution in [0.25, 0.3) is 0 Å². The van der Waals surface area contributed by atoms with Crippen molar-refractivity contribution in [1.29, 1.82) is 0 Å². The first-order valence-electron chi connectivity index (χ1n) is 6.06. The third-order valence-electron chi connectivity index (χ3n) is 2.89. The standard InChI is InChI=1S/C15H14Cl2IN/c1-2-19-15(11-5-3-4-6-13(11)17)12-9-10(16)7-8-14(12)18/h3-9,15,19H,2H2,1H3. The Morgan fingerprint density at radius 1 is 1.11 bits per heavy atom.